The molecule has 0 atom stereocenters. The summed E-state index contributed by atoms with van der Waals surface area (Å²) in [6.07, 6.45) is 0. The lowest BCUT2D eigenvalue weighted by atomic mass is 9.70. The zero-order valence-electron chi connectivity index (χ0n) is 61.5. The second-order valence-electron chi connectivity index (χ2n) is 12.5. The van der Waals surface area contributed by atoms with Crippen LogP contribution >= 0.6 is 0 Å². The van der Waals surface area contributed by atoms with Gasteiger partial charge in [-0.25, -0.2) is 0 Å². The zero-order chi connectivity index (χ0) is 65.7. The van der Waals surface area contributed by atoms with Crippen LogP contribution in [0.4, 0.5) is 0 Å². The van der Waals surface area contributed by atoms with E-state index in [4.69, 9.17) is 20.6 Å². The molecule has 0 aromatic heterocycles. The minimum absolute atomic E-state index is 0.590. The second-order valence-corrected chi connectivity index (χ2v) is 12.5. The Morgan fingerprint density at radius 2 is 0.655 bits per heavy atom. The third kappa shape index (κ3) is 4.17. The van der Waals surface area contributed by atoms with Gasteiger partial charge in [0.25, 0.3) is 0 Å². The minimum Gasteiger partial charge on any atom is -0.0622 e. The number of fused-ring (bicyclic) bond motifs is 16. The van der Waals surface area contributed by atoms with Crippen molar-refractivity contribution in [2.24, 2.45) is 0 Å². The van der Waals surface area contributed by atoms with Crippen molar-refractivity contribution in [2.45, 2.75) is 5.41 Å². The van der Waals surface area contributed by atoms with E-state index < -0.39 is 321 Å². The molecule has 0 nitrogen and oxygen atoms in total. The molecule has 0 N–H and O–H groups in total. The molecule has 0 amide bonds. The quantitative estimate of drug-likeness (QED) is 0.159. The van der Waals surface area contributed by atoms with E-state index >= 15 is 0 Å². The maximum absolute atomic E-state index is 9.95. The fourth-order valence-electron chi connectivity index (χ4n) is 7.66. The van der Waals surface area contributed by atoms with Gasteiger partial charge in [0.15, 0.2) is 0 Å². The lowest BCUT2D eigenvalue weighted by Crippen LogP contribution is -2.25. The molecule has 2 aliphatic rings. The molecule has 12 rings (SSSR count). The van der Waals surface area contributed by atoms with Gasteiger partial charge in [-0.05, 0) is 122 Å². The Balaban J connectivity index is 1.26. The van der Waals surface area contributed by atoms with Gasteiger partial charge < -0.3 is 0 Å². The van der Waals surface area contributed by atoms with Gasteiger partial charge in [0.1, 0.15) is 0 Å². The Bertz CT molecular complexity index is 5050. The van der Waals surface area contributed by atoms with Gasteiger partial charge >= 0.3 is 0 Å². The van der Waals surface area contributed by atoms with Crippen LogP contribution in [-0.4, -0.2) is 0 Å². The Morgan fingerprint density at radius 1 is 0.255 bits per heavy atom. The summed E-state index contributed by atoms with van der Waals surface area (Å²) < 4.78 is 313. The predicted octanol–water partition coefficient (Wildman–Crippen LogP) is 14.5. The molecule has 0 aliphatic heterocycles. The van der Waals surface area contributed by atoms with Crippen LogP contribution in [0.1, 0.15) is 68.9 Å². The number of hydrogen-bond donors (Lipinski definition) is 0. The molecule has 1 spiro atoms. The van der Waals surface area contributed by atoms with Crippen LogP contribution in [0.25, 0.3) is 88.0 Å². The summed E-state index contributed by atoms with van der Waals surface area (Å²) in [5, 5.41) is -4.03. The van der Waals surface area contributed by atoms with Crippen LogP contribution in [0.15, 0.2) is 205 Å². The highest BCUT2D eigenvalue weighted by atomic mass is 14.5. The molecule has 0 unspecified atom stereocenters. The largest absolute Gasteiger partial charge is 0.0725 e. The van der Waals surface area contributed by atoms with Crippen molar-refractivity contribution >= 4 is 32.3 Å². The minimum atomic E-state index is -2.86. The lowest BCUT2D eigenvalue weighted by molar-refractivity contribution is 0.794. The molecule has 0 fully saturated rings. The summed E-state index contributed by atoms with van der Waals surface area (Å²) in [6.45, 7) is 0. The Labute approximate surface area is 368 Å². The first-order valence-corrected chi connectivity index (χ1v) is 16.5. The summed E-state index contributed by atoms with van der Waals surface area (Å²) in [4.78, 5) is 0. The highest BCUT2D eigenvalue weighted by Crippen LogP contribution is 2.63. The van der Waals surface area contributed by atoms with Gasteiger partial charge in [0.2, 0.25) is 0 Å². The lowest BCUT2D eigenvalue weighted by Gasteiger charge is -2.30. The Morgan fingerprint density at radius 3 is 1.29 bits per heavy atom. The van der Waals surface area contributed by atoms with E-state index in [9.17, 15) is 26.0 Å². The summed E-state index contributed by atoms with van der Waals surface area (Å²) in [6, 6.07) is -34.1. The molecule has 2 aliphatic carbocycles. The molecule has 254 valence electrons. The fraction of sp³-hybridized carbons (Fsp3) is 0.0182. The maximum Gasteiger partial charge on any atom is 0.0725 e. The van der Waals surface area contributed by atoms with E-state index in [0.29, 0.717) is 0 Å². The van der Waals surface area contributed by atoms with Gasteiger partial charge in [-0.2, -0.15) is 0 Å². The summed E-state index contributed by atoms with van der Waals surface area (Å²) in [7, 11) is 0. The van der Waals surface area contributed by atoms with E-state index in [1.165, 1.54) is 0 Å². The standard InChI is InChI=1S/C55H34/c1-2-13-35(14-3-1)38-29-31-43-41-15-4-5-16-42(41)48-34-39(30-32-44(48)49(43)33-38)36-25-27-37(28-26-36)40-20-12-24-53-54(40)47-19-8-11-23-52(47)55(53)50-21-9-6-17-45(50)46-18-7-10-22-51(46)55/h1-34H/i1D,2D,3D,4D,5D,6D,7D,8D,9D,10D,11D,12D,13D,14D,15D,16D,17D,18D,19D,20D,21D,22D,23D,24D,25D,26D,27D,28D,29D,30D,31D,32D,33D,34D. The van der Waals surface area contributed by atoms with Crippen LogP contribution in [0.2, 0.25) is 0 Å². The third-order valence-electron chi connectivity index (χ3n) is 9.88. The first-order chi connectivity index (χ1) is 41.5. The van der Waals surface area contributed by atoms with Crippen LogP contribution in [0.3, 0.4) is 0 Å². The predicted molar refractivity (Wildman–Crippen MR) is 232 cm³/mol. The van der Waals surface area contributed by atoms with Crippen molar-refractivity contribution in [3.8, 4) is 55.6 Å². The van der Waals surface area contributed by atoms with Crippen molar-refractivity contribution in [2.75, 3.05) is 0 Å². The van der Waals surface area contributed by atoms with Crippen molar-refractivity contribution in [3.63, 3.8) is 0 Å². The van der Waals surface area contributed by atoms with Crippen LogP contribution in [0, 0.1) is 0 Å². The maximum atomic E-state index is 9.95. The summed E-state index contributed by atoms with van der Waals surface area (Å²) in [5.41, 5.74) is -13.6. The van der Waals surface area contributed by atoms with Crippen molar-refractivity contribution in [3.05, 3.63) is 228 Å². The normalized spacial score (nSPS) is 21.9. The van der Waals surface area contributed by atoms with E-state index in [1.54, 1.807) is 0 Å². The average Bonchev–Trinajstić information content (AvgIpc) is 1.50. The van der Waals surface area contributed by atoms with Gasteiger partial charge in [-0.3, -0.25) is 0 Å². The average molecular weight is 729 g/mol. The SMILES string of the molecule is [2H]c1c([2H])c([2H])c(-c2c([2H])c([2H])c3c4c([2H])c([2H])c([2H])c([2H])c4c4c([2H])c(-c5c([2H])c([2H])c(-c6c([2H])c([2H])c([2H])c7c6-c6c([2H])c([2H])c([2H])c([2H])c6C76c7c([2H])c([2H])c([2H])c([2H])c7-c7c([2H])c([2H])c([2H])c([2H])c76)c([2H])c5[2H])c([2H])c([2H])c4c3c2[2H])c([2H])c1[2H]. The summed E-state index contributed by atoms with van der Waals surface area (Å²) >= 11 is 0. The molecule has 0 heterocycles. The summed E-state index contributed by atoms with van der Waals surface area (Å²) in [5.74, 6) is 0. The Kier molecular flexibility index (Phi) is 2.56. The van der Waals surface area contributed by atoms with Gasteiger partial charge in [-0.15, -0.1) is 0 Å². The van der Waals surface area contributed by atoms with Crippen molar-refractivity contribution in [1.82, 2.24) is 0 Å². The number of benzene rings is 10. The molecule has 0 radical (unpaired) electrons. The highest BCUT2D eigenvalue weighted by molar-refractivity contribution is 6.26. The van der Waals surface area contributed by atoms with E-state index in [1.807, 2.05) is 0 Å². The van der Waals surface area contributed by atoms with Gasteiger partial charge in [-0.1, -0.05) is 193 Å². The van der Waals surface area contributed by atoms with Gasteiger partial charge in [0.05, 0.1) is 52.0 Å². The smallest absolute Gasteiger partial charge is 0.0622 e. The molecule has 10 aromatic rings. The van der Waals surface area contributed by atoms with E-state index in [0.717, 1.165) is 0 Å². The topological polar surface area (TPSA) is 0 Å². The first-order valence-electron chi connectivity index (χ1n) is 33.5. The highest BCUT2D eigenvalue weighted by Gasteiger charge is 2.51. The fourth-order valence-corrected chi connectivity index (χ4v) is 7.66. The molecule has 0 bridgehead atoms. The van der Waals surface area contributed by atoms with Crippen LogP contribution < -0.4 is 0 Å². The van der Waals surface area contributed by atoms with Crippen molar-refractivity contribution < 1.29 is 46.6 Å². The number of rotatable bonds is 3. The van der Waals surface area contributed by atoms with Crippen molar-refractivity contribution in [1.29, 1.82) is 0 Å². The van der Waals surface area contributed by atoms with E-state index in [2.05, 4.69) is 0 Å². The zero-order valence-corrected chi connectivity index (χ0v) is 27.5. The van der Waals surface area contributed by atoms with Crippen LogP contribution in [0.5, 0.6) is 0 Å². The number of hydrogen-bond acceptors (Lipinski definition) is 0. The van der Waals surface area contributed by atoms with E-state index in [-0.39, 0.29) is 0 Å². The molecule has 55 heavy (non-hydrogen) atoms. The molecule has 0 saturated carbocycles. The second kappa shape index (κ2) is 11.5. The third-order valence-corrected chi connectivity index (χ3v) is 9.88. The molecular weight excluding hydrogens is 661 g/mol. The molecule has 10 aromatic carbocycles. The molecular formula is C55H34. The first kappa shape index (κ1) is 12.2. The monoisotopic (exact) mass is 728 g/mol. The van der Waals surface area contributed by atoms with Crippen LogP contribution in [-0.2, 0) is 5.41 Å². The molecule has 0 heteroatoms. The Hall–Kier alpha value is -7.02. The molecule has 0 saturated heterocycles. The van der Waals surface area contributed by atoms with Gasteiger partial charge in [0, 0.05) is 0 Å².